The van der Waals surface area contributed by atoms with Crippen molar-refractivity contribution in [1.82, 2.24) is 7.92 Å². The summed E-state index contributed by atoms with van der Waals surface area (Å²) in [5, 5.41) is 3.03. The molecule has 206 valence electrons. The molecule has 8 nitrogen and oxygen atoms in total. The van der Waals surface area contributed by atoms with Crippen LogP contribution in [0.25, 0.3) is 0 Å². The molecule has 2 unspecified atom stereocenters. The Balaban J connectivity index is 0.000000651. The molecular formula is C18H16Cl6N3O5P5SiZn. The van der Waals surface area contributed by atoms with Gasteiger partial charge >= 0.3 is 19.5 Å². The summed E-state index contributed by atoms with van der Waals surface area (Å²) in [5.74, 6) is -2.74. The largest absolute Gasteiger partial charge is 2.00 e. The monoisotopic (exact) mass is 811 g/mol. The van der Waals surface area contributed by atoms with Crippen LogP contribution in [-0.2, 0) is 28.6 Å². The minimum Gasteiger partial charge on any atom is -0.772 e. The van der Waals surface area contributed by atoms with E-state index in [4.69, 9.17) is 87.4 Å². The Morgan fingerprint density at radius 3 is 1.33 bits per heavy atom. The third kappa shape index (κ3) is 12.5. The maximum atomic E-state index is 11.6. The molecule has 39 heavy (non-hydrogen) atoms. The molecule has 0 fully saturated rings. The maximum Gasteiger partial charge on any atom is 2.00 e. The van der Waals surface area contributed by atoms with Crippen molar-refractivity contribution in [2.24, 2.45) is 4.52 Å². The first-order valence-electron chi connectivity index (χ1n) is 9.65. The van der Waals surface area contributed by atoms with Crippen LogP contribution in [0.4, 0.5) is 0 Å². The first-order chi connectivity index (χ1) is 18.0. The summed E-state index contributed by atoms with van der Waals surface area (Å²) in [4.78, 5) is 28.3. The van der Waals surface area contributed by atoms with Crippen LogP contribution in [-0.4, -0.2) is 21.0 Å². The molecule has 0 bridgehead atoms. The predicted octanol–water partition coefficient (Wildman–Crippen LogP) is 7.02. The van der Waals surface area contributed by atoms with Crippen LogP contribution in [0.2, 0.25) is 0 Å². The molecule has 0 saturated heterocycles. The molecule has 2 atom stereocenters. The smallest absolute Gasteiger partial charge is 0.772 e. The second kappa shape index (κ2) is 21.1. The van der Waals surface area contributed by atoms with Gasteiger partial charge in [0.05, 0.1) is 17.4 Å². The zero-order valence-electron chi connectivity index (χ0n) is 19.3. The molecule has 1 aliphatic rings. The summed E-state index contributed by atoms with van der Waals surface area (Å²) in [6, 6.07) is 30.0. The maximum absolute atomic E-state index is 11.6. The Bertz CT molecular complexity index is 1080. The average molecular weight is 815 g/mol. The molecule has 0 amide bonds. The summed E-state index contributed by atoms with van der Waals surface area (Å²) >= 11 is 34.3. The number of hydrogen-bond donors (Lipinski definition) is 1. The van der Waals surface area contributed by atoms with Gasteiger partial charge in [-0.1, -0.05) is 102 Å². The fraction of sp³-hybridized carbons (Fsp3) is 0. The summed E-state index contributed by atoms with van der Waals surface area (Å²) in [5.41, 5.74) is 0. The molecule has 21 heteroatoms. The number of rotatable bonds is 3. The van der Waals surface area contributed by atoms with E-state index in [-0.39, 0.29) is 19.5 Å². The molecule has 0 saturated carbocycles. The molecule has 0 aromatic heterocycles. The first-order valence-corrected chi connectivity index (χ1v) is 21.5. The average Bonchev–Trinajstić information content (AvgIpc) is 2.93. The molecule has 1 N–H and O–H groups in total. The Morgan fingerprint density at radius 2 is 1.05 bits per heavy atom. The Labute approximate surface area is 275 Å². The fourth-order valence-corrected chi connectivity index (χ4v) is 17.9. The number of hydrogen-bond acceptors (Lipinski definition) is 8. The van der Waals surface area contributed by atoms with Crippen LogP contribution in [0.3, 0.4) is 0 Å². The van der Waals surface area contributed by atoms with Gasteiger partial charge in [-0.05, 0) is 72.8 Å². The van der Waals surface area contributed by atoms with Gasteiger partial charge in [-0.3, -0.25) is 9.13 Å². The number of nitrogens with zero attached hydrogens (tertiary/aromatic N) is 3. The first kappa shape index (κ1) is 40.3. The molecule has 1 aliphatic heterocycles. The van der Waals surface area contributed by atoms with Gasteiger partial charge in [0.25, 0.3) is 8.32 Å². The van der Waals surface area contributed by atoms with Crippen LogP contribution < -0.4 is 25.3 Å². The van der Waals surface area contributed by atoms with Crippen LogP contribution in [0.15, 0.2) is 95.5 Å². The van der Waals surface area contributed by atoms with Gasteiger partial charge in [0, 0.05) is 0 Å². The number of halogens is 6. The molecule has 3 aromatic rings. The second-order valence-electron chi connectivity index (χ2n) is 6.47. The summed E-state index contributed by atoms with van der Waals surface area (Å²) in [6.07, 6.45) is 0. The van der Waals surface area contributed by atoms with Crippen LogP contribution in [0, 0.1) is 0 Å². The SMILES string of the molecule is ClN1P(Cl)N=P(Cl)(Cl)N(Cl)P1Cl.O=P[O-].O=P[O-].O[Si](c1ccccc1)(c1ccccc1)c1ccccc1.[Zn+2]. The molecule has 1 heterocycles. The summed E-state index contributed by atoms with van der Waals surface area (Å²) in [7, 11) is -7.98. The van der Waals surface area contributed by atoms with Crippen LogP contribution in [0.1, 0.15) is 0 Å². The third-order valence-electron chi connectivity index (χ3n) is 4.36. The van der Waals surface area contributed by atoms with Crippen LogP contribution >= 0.6 is 107 Å². The molecule has 3 aromatic carbocycles. The van der Waals surface area contributed by atoms with E-state index < -0.39 is 46.8 Å². The zero-order chi connectivity index (χ0) is 28.8. The van der Waals surface area contributed by atoms with Crippen molar-refractivity contribution >= 4 is 131 Å². The van der Waals surface area contributed by atoms with E-state index in [0.717, 1.165) is 23.5 Å². The van der Waals surface area contributed by atoms with Gasteiger partial charge in [0.1, 0.15) is 0 Å². The van der Waals surface area contributed by atoms with Crippen molar-refractivity contribution in [3.05, 3.63) is 91.0 Å². The van der Waals surface area contributed by atoms with E-state index in [1.807, 2.05) is 91.0 Å². The van der Waals surface area contributed by atoms with Crippen molar-refractivity contribution in [3.8, 4) is 0 Å². The summed E-state index contributed by atoms with van der Waals surface area (Å²) in [6.45, 7) is 0. The van der Waals surface area contributed by atoms with Gasteiger partial charge in [0.15, 0.2) is 7.58 Å². The topological polar surface area (TPSA) is 119 Å². The summed E-state index contributed by atoms with van der Waals surface area (Å²) < 4.78 is 22.7. The Kier molecular flexibility index (Phi) is 21.8. The Morgan fingerprint density at radius 1 is 0.769 bits per heavy atom. The van der Waals surface area contributed by atoms with Crippen molar-refractivity contribution in [1.29, 1.82) is 0 Å². The van der Waals surface area contributed by atoms with E-state index in [1.54, 1.807) is 0 Å². The molecule has 0 radical (unpaired) electrons. The standard InChI is InChI=1S/C18H16OSi.Cl6N3P3.2HO2P.Zn/c19-20(16-10-4-1-5-11-16,17-12-6-2-7-13-17)18-14-8-3-9-15-18;1-8-10(3)7-12(5,6)9(2)11(8)4;2*1-3-2;/h1-15,19H;;2*(H,1,2);/q;;;;+2/p-2. The van der Waals surface area contributed by atoms with Gasteiger partial charge in [-0.25, -0.2) is 4.52 Å². The van der Waals surface area contributed by atoms with E-state index in [0.29, 0.717) is 0 Å². The molecule has 0 aliphatic carbocycles. The molecule has 4 rings (SSSR count). The van der Waals surface area contributed by atoms with E-state index in [1.165, 1.54) is 0 Å². The quantitative estimate of drug-likeness (QED) is 0.131. The van der Waals surface area contributed by atoms with Gasteiger partial charge < -0.3 is 14.6 Å². The van der Waals surface area contributed by atoms with E-state index >= 15 is 0 Å². The van der Waals surface area contributed by atoms with Crippen molar-refractivity contribution < 1.29 is 43.2 Å². The predicted molar refractivity (Wildman–Crippen MR) is 163 cm³/mol. The van der Waals surface area contributed by atoms with E-state index in [2.05, 4.69) is 4.52 Å². The van der Waals surface area contributed by atoms with E-state index in [9.17, 15) is 4.80 Å². The van der Waals surface area contributed by atoms with Gasteiger partial charge in [0.2, 0.25) is 13.5 Å². The van der Waals surface area contributed by atoms with Crippen LogP contribution in [0.5, 0.6) is 0 Å². The molecular weight excluding hydrogens is 799 g/mol. The van der Waals surface area contributed by atoms with Crippen molar-refractivity contribution in [3.63, 3.8) is 0 Å². The third-order valence-corrected chi connectivity index (χ3v) is 21.6. The second-order valence-corrected chi connectivity index (χ2v) is 21.5. The minimum atomic E-state index is -2.88. The van der Waals surface area contributed by atoms with Gasteiger partial charge in [-0.2, -0.15) is 0 Å². The molecule has 0 spiro atoms. The zero-order valence-corrected chi connectivity index (χ0v) is 32.3. The normalized spacial score (nSPS) is 18.5. The minimum absolute atomic E-state index is 0. The fourth-order valence-electron chi connectivity index (χ4n) is 2.90. The van der Waals surface area contributed by atoms with Gasteiger partial charge in [-0.15, -0.1) is 7.92 Å². The van der Waals surface area contributed by atoms with Crippen molar-refractivity contribution in [2.75, 3.05) is 0 Å². The Hall–Kier alpha value is 1.33. The van der Waals surface area contributed by atoms with Crippen molar-refractivity contribution in [2.45, 2.75) is 0 Å². The number of benzene rings is 3.